The van der Waals surface area contributed by atoms with Crippen molar-refractivity contribution in [3.63, 3.8) is 0 Å². The molecule has 3 N–H and O–H groups in total. The molecule has 2 rings (SSSR count). The van der Waals surface area contributed by atoms with Crippen molar-refractivity contribution in [3.05, 3.63) is 30.1 Å². The Morgan fingerprint density at radius 3 is 2.91 bits per heavy atom. The number of nitrogens with zero attached hydrogens (tertiary/aromatic N) is 3. The number of nitrogens with one attached hydrogen (secondary N) is 3. The van der Waals surface area contributed by atoms with E-state index in [2.05, 4.69) is 25.9 Å². The van der Waals surface area contributed by atoms with Crippen LogP contribution in [-0.4, -0.2) is 60.5 Å². The minimum absolute atomic E-state index is 0.0804. The number of urea groups is 1. The normalized spacial score (nSPS) is 14.8. The van der Waals surface area contributed by atoms with Gasteiger partial charge in [0.25, 0.3) is 0 Å². The van der Waals surface area contributed by atoms with E-state index in [-0.39, 0.29) is 18.5 Å². The van der Waals surface area contributed by atoms with E-state index >= 15 is 0 Å². The van der Waals surface area contributed by atoms with Gasteiger partial charge in [0.05, 0.1) is 6.54 Å². The van der Waals surface area contributed by atoms with Crippen LogP contribution in [0.3, 0.4) is 0 Å². The lowest BCUT2D eigenvalue weighted by Crippen LogP contribution is -2.43. The van der Waals surface area contributed by atoms with Crippen LogP contribution in [0.2, 0.25) is 0 Å². The molecule has 0 unspecified atom stereocenters. The molecule has 8 nitrogen and oxygen atoms in total. The summed E-state index contributed by atoms with van der Waals surface area (Å²) < 4.78 is 0. The summed E-state index contributed by atoms with van der Waals surface area (Å²) in [6.45, 7) is 4.17. The first-order valence-electron chi connectivity index (χ1n) is 7.71. The summed E-state index contributed by atoms with van der Waals surface area (Å²) in [5.74, 6) is 0.462. The monoisotopic (exact) mass is 318 g/mol. The highest BCUT2D eigenvalue weighted by molar-refractivity contribution is 6.01. The van der Waals surface area contributed by atoms with E-state index in [1.165, 1.54) is 4.90 Å². The Labute approximate surface area is 135 Å². The number of carbonyl (C=O) groups is 2. The third-order valence-electron chi connectivity index (χ3n) is 3.27. The predicted octanol–water partition coefficient (Wildman–Crippen LogP) is -0.269. The van der Waals surface area contributed by atoms with Crippen molar-refractivity contribution in [2.24, 2.45) is 4.99 Å². The highest BCUT2D eigenvalue weighted by Crippen LogP contribution is 1.97. The lowest BCUT2D eigenvalue weighted by atomic mass is 10.3. The van der Waals surface area contributed by atoms with Gasteiger partial charge < -0.3 is 16.0 Å². The molecule has 1 aromatic rings. The molecular weight excluding hydrogens is 296 g/mol. The summed E-state index contributed by atoms with van der Waals surface area (Å²) in [5.41, 5.74) is 0.992. The largest absolute Gasteiger partial charge is 0.357 e. The molecule has 124 valence electrons. The molecule has 1 aliphatic rings. The summed E-state index contributed by atoms with van der Waals surface area (Å²) in [6.07, 6.45) is 2.52. The zero-order valence-electron chi connectivity index (χ0n) is 13.2. The molecule has 0 saturated carbocycles. The molecule has 1 aliphatic heterocycles. The summed E-state index contributed by atoms with van der Waals surface area (Å²) in [7, 11) is 0. The highest BCUT2D eigenvalue weighted by Gasteiger charge is 2.27. The Morgan fingerprint density at radius 2 is 2.26 bits per heavy atom. The van der Waals surface area contributed by atoms with Crippen molar-refractivity contribution in [2.75, 3.05) is 32.7 Å². The maximum atomic E-state index is 11.5. The number of imide groups is 1. The van der Waals surface area contributed by atoms with E-state index in [0.29, 0.717) is 25.6 Å². The number of guanidine groups is 1. The molecule has 0 aromatic carbocycles. The summed E-state index contributed by atoms with van der Waals surface area (Å²) in [6, 6.07) is 5.46. The third kappa shape index (κ3) is 5.24. The van der Waals surface area contributed by atoms with Crippen LogP contribution in [0.1, 0.15) is 12.6 Å². The molecule has 1 fully saturated rings. The van der Waals surface area contributed by atoms with Crippen LogP contribution in [0.25, 0.3) is 0 Å². The number of aromatic nitrogens is 1. The van der Waals surface area contributed by atoms with E-state index in [0.717, 1.165) is 18.7 Å². The fourth-order valence-electron chi connectivity index (χ4n) is 2.14. The van der Waals surface area contributed by atoms with Gasteiger partial charge in [-0.25, -0.2) is 4.79 Å². The van der Waals surface area contributed by atoms with Gasteiger partial charge in [0, 0.05) is 44.5 Å². The summed E-state index contributed by atoms with van der Waals surface area (Å²) in [4.78, 5) is 32.8. The first kappa shape index (κ1) is 16.7. The first-order chi connectivity index (χ1) is 11.2. The molecule has 0 radical (unpaired) electrons. The van der Waals surface area contributed by atoms with Crippen molar-refractivity contribution in [1.82, 2.24) is 25.8 Å². The van der Waals surface area contributed by atoms with Gasteiger partial charge in [-0.2, -0.15) is 0 Å². The van der Waals surface area contributed by atoms with Gasteiger partial charge in [0.15, 0.2) is 5.96 Å². The van der Waals surface area contributed by atoms with E-state index in [1.807, 2.05) is 25.1 Å². The second-order valence-electron chi connectivity index (χ2n) is 4.96. The maximum absolute atomic E-state index is 11.5. The van der Waals surface area contributed by atoms with Gasteiger partial charge in [0.1, 0.15) is 0 Å². The number of pyridine rings is 1. The van der Waals surface area contributed by atoms with E-state index < -0.39 is 0 Å². The number of aliphatic imine (C=N–C) groups is 1. The van der Waals surface area contributed by atoms with Crippen LogP contribution in [0.15, 0.2) is 29.4 Å². The first-order valence-corrected chi connectivity index (χ1v) is 7.71. The van der Waals surface area contributed by atoms with E-state index in [4.69, 9.17) is 0 Å². The average Bonchev–Trinajstić information content (AvgIpc) is 2.88. The minimum atomic E-state index is -0.339. The highest BCUT2D eigenvalue weighted by atomic mass is 16.2. The standard InChI is InChI=1S/C15H22N6O2/c1-2-16-14(18-8-6-12-5-3-4-7-17-12)19-9-10-21-13(22)11-20-15(21)23/h3-5,7H,2,6,8-11H2,1H3,(H,20,23)(H2,16,18,19). The molecule has 0 atom stereocenters. The Morgan fingerprint density at radius 1 is 1.39 bits per heavy atom. The lowest BCUT2D eigenvalue weighted by molar-refractivity contribution is -0.124. The average molecular weight is 318 g/mol. The SMILES string of the molecule is CCNC(=NCCc1ccccn1)NCCN1C(=O)CNC1=O. The fraction of sp³-hybridized carbons (Fsp3) is 0.467. The van der Waals surface area contributed by atoms with Crippen LogP contribution in [0.5, 0.6) is 0 Å². The quantitative estimate of drug-likeness (QED) is 0.365. The third-order valence-corrected chi connectivity index (χ3v) is 3.27. The Hall–Kier alpha value is -2.64. The summed E-state index contributed by atoms with van der Waals surface area (Å²) in [5, 5.41) is 8.74. The molecule has 1 aromatic heterocycles. The van der Waals surface area contributed by atoms with Crippen LogP contribution < -0.4 is 16.0 Å². The molecular formula is C15H22N6O2. The van der Waals surface area contributed by atoms with Gasteiger partial charge in [-0.05, 0) is 19.1 Å². The number of amides is 3. The molecule has 8 heteroatoms. The number of hydrogen-bond donors (Lipinski definition) is 3. The molecule has 0 bridgehead atoms. The van der Waals surface area contributed by atoms with Gasteiger partial charge in [0.2, 0.25) is 5.91 Å². The Kier molecular flexibility index (Phi) is 6.34. The molecule has 3 amide bonds. The van der Waals surface area contributed by atoms with Crippen molar-refractivity contribution >= 4 is 17.9 Å². The number of hydrogen-bond acceptors (Lipinski definition) is 4. The minimum Gasteiger partial charge on any atom is -0.357 e. The van der Waals surface area contributed by atoms with Crippen molar-refractivity contribution in [2.45, 2.75) is 13.3 Å². The second-order valence-corrected chi connectivity index (χ2v) is 4.96. The van der Waals surface area contributed by atoms with E-state index in [9.17, 15) is 9.59 Å². The van der Waals surface area contributed by atoms with Crippen LogP contribution in [0.4, 0.5) is 4.79 Å². The molecule has 2 heterocycles. The van der Waals surface area contributed by atoms with E-state index in [1.54, 1.807) is 6.20 Å². The van der Waals surface area contributed by atoms with Crippen LogP contribution >= 0.6 is 0 Å². The zero-order chi connectivity index (χ0) is 16.5. The van der Waals surface area contributed by atoms with Crippen molar-refractivity contribution < 1.29 is 9.59 Å². The number of rotatable bonds is 7. The van der Waals surface area contributed by atoms with Crippen molar-refractivity contribution in [1.29, 1.82) is 0 Å². The molecule has 0 aliphatic carbocycles. The number of carbonyl (C=O) groups excluding carboxylic acids is 2. The zero-order valence-corrected chi connectivity index (χ0v) is 13.2. The molecule has 1 saturated heterocycles. The van der Waals surface area contributed by atoms with Crippen LogP contribution in [0, 0.1) is 0 Å². The predicted molar refractivity (Wildman–Crippen MR) is 87.0 cm³/mol. The summed E-state index contributed by atoms with van der Waals surface area (Å²) >= 11 is 0. The maximum Gasteiger partial charge on any atom is 0.324 e. The lowest BCUT2D eigenvalue weighted by Gasteiger charge is -2.15. The second kappa shape index (κ2) is 8.72. The molecule has 23 heavy (non-hydrogen) atoms. The topological polar surface area (TPSA) is 98.7 Å². The van der Waals surface area contributed by atoms with Gasteiger partial charge in [-0.15, -0.1) is 0 Å². The smallest absolute Gasteiger partial charge is 0.324 e. The Bertz CT molecular complexity index is 544. The van der Waals surface area contributed by atoms with Gasteiger partial charge in [-0.1, -0.05) is 6.07 Å². The van der Waals surface area contributed by atoms with Gasteiger partial charge in [-0.3, -0.25) is 19.7 Å². The molecule has 0 spiro atoms. The van der Waals surface area contributed by atoms with Gasteiger partial charge >= 0.3 is 6.03 Å². The Balaban J connectivity index is 1.77. The fourth-order valence-corrected chi connectivity index (χ4v) is 2.14. The van der Waals surface area contributed by atoms with Crippen molar-refractivity contribution in [3.8, 4) is 0 Å². The van der Waals surface area contributed by atoms with Crippen LogP contribution in [-0.2, 0) is 11.2 Å².